The van der Waals surface area contributed by atoms with Crippen LogP contribution in [0, 0.1) is 0 Å². The molecular formula is C8H15N3S3. The highest BCUT2D eigenvalue weighted by Crippen LogP contribution is 2.16. The molecule has 0 aliphatic heterocycles. The standard InChI is InChI=1S/C8H15N3S3/c12-5-1-3-11(4-2-6-13)8-10-9-7-14-8/h7,12-13H,1-6H2. The average Bonchev–Trinajstić information content (AvgIpc) is 2.71. The third-order valence-corrected chi connectivity index (χ3v) is 3.17. The Kier molecular flexibility index (Phi) is 6.38. The summed E-state index contributed by atoms with van der Waals surface area (Å²) in [4.78, 5) is 2.25. The van der Waals surface area contributed by atoms with E-state index in [-0.39, 0.29) is 0 Å². The molecule has 0 saturated carbocycles. The van der Waals surface area contributed by atoms with E-state index in [9.17, 15) is 0 Å². The van der Waals surface area contributed by atoms with E-state index >= 15 is 0 Å². The largest absolute Gasteiger partial charge is 0.347 e. The number of hydrogen-bond donors (Lipinski definition) is 2. The number of hydrogen-bond acceptors (Lipinski definition) is 6. The Balaban J connectivity index is 2.44. The molecule has 0 N–H and O–H groups in total. The van der Waals surface area contributed by atoms with Gasteiger partial charge >= 0.3 is 0 Å². The Bertz CT molecular complexity index is 220. The highest BCUT2D eigenvalue weighted by Gasteiger charge is 2.07. The summed E-state index contributed by atoms with van der Waals surface area (Å²) < 4.78 is 0. The fourth-order valence-electron chi connectivity index (χ4n) is 1.13. The second-order valence-corrected chi connectivity index (χ2v) is 4.57. The monoisotopic (exact) mass is 249 g/mol. The zero-order chi connectivity index (χ0) is 10.2. The first-order valence-electron chi connectivity index (χ1n) is 4.61. The molecule has 1 aromatic rings. The predicted octanol–water partition coefficient (Wildman–Crippen LogP) is 1.98. The van der Waals surface area contributed by atoms with Crippen molar-refractivity contribution < 1.29 is 0 Å². The fraction of sp³-hybridized carbons (Fsp3) is 0.750. The van der Waals surface area contributed by atoms with Gasteiger partial charge in [0, 0.05) is 13.1 Å². The molecule has 14 heavy (non-hydrogen) atoms. The van der Waals surface area contributed by atoms with E-state index in [2.05, 4.69) is 40.4 Å². The Morgan fingerprint density at radius 1 is 1.21 bits per heavy atom. The van der Waals surface area contributed by atoms with E-state index in [4.69, 9.17) is 0 Å². The summed E-state index contributed by atoms with van der Waals surface area (Å²) in [6.07, 6.45) is 2.16. The number of anilines is 1. The maximum Gasteiger partial charge on any atom is 0.208 e. The van der Waals surface area contributed by atoms with Crippen molar-refractivity contribution in [3.8, 4) is 0 Å². The molecule has 0 amide bonds. The van der Waals surface area contributed by atoms with Gasteiger partial charge in [-0.3, -0.25) is 0 Å². The van der Waals surface area contributed by atoms with Gasteiger partial charge in [-0.1, -0.05) is 11.3 Å². The quantitative estimate of drug-likeness (QED) is 0.724. The number of nitrogens with zero attached hydrogens (tertiary/aromatic N) is 3. The third kappa shape index (κ3) is 4.06. The van der Waals surface area contributed by atoms with Crippen LogP contribution in [-0.4, -0.2) is 34.8 Å². The van der Waals surface area contributed by atoms with Crippen molar-refractivity contribution in [3.63, 3.8) is 0 Å². The topological polar surface area (TPSA) is 29.0 Å². The van der Waals surface area contributed by atoms with Crippen LogP contribution in [0.1, 0.15) is 12.8 Å². The zero-order valence-corrected chi connectivity index (χ0v) is 10.6. The highest BCUT2D eigenvalue weighted by molar-refractivity contribution is 7.80. The Morgan fingerprint density at radius 2 is 1.86 bits per heavy atom. The first-order chi connectivity index (χ1) is 6.88. The predicted molar refractivity (Wildman–Crippen MR) is 69.1 cm³/mol. The van der Waals surface area contributed by atoms with E-state index in [0.29, 0.717) is 0 Å². The maximum absolute atomic E-state index is 4.21. The minimum Gasteiger partial charge on any atom is -0.347 e. The van der Waals surface area contributed by atoms with Crippen LogP contribution in [0.5, 0.6) is 0 Å². The van der Waals surface area contributed by atoms with Crippen molar-refractivity contribution in [2.24, 2.45) is 0 Å². The summed E-state index contributed by atoms with van der Waals surface area (Å²) in [5, 5.41) is 8.92. The molecule has 0 aliphatic carbocycles. The highest BCUT2D eigenvalue weighted by atomic mass is 32.1. The summed E-state index contributed by atoms with van der Waals surface area (Å²) in [5.74, 6) is 1.83. The molecule has 0 unspecified atom stereocenters. The van der Waals surface area contributed by atoms with E-state index in [0.717, 1.165) is 42.6 Å². The van der Waals surface area contributed by atoms with Gasteiger partial charge in [0.1, 0.15) is 5.51 Å². The lowest BCUT2D eigenvalue weighted by atomic mass is 10.4. The third-order valence-electron chi connectivity index (χ3n) is 1.79. The smallest absolute Gasteiger partial charge is 0.208 e. The van der Waals surface area contributed by atoms with E-state index in [1.165, 1.54) is 0 Å². The summed E-state index contributed by atoms with van der Waals surface area (Å²) in [6.45, 7) is 2.01. The summed E-state index contributed by atoms with van der Waals surface area (Å²) in [6, 6.07) is 0. The summed E-state index contributed by atoms with van der Waals surface area (Å²) in [7, 11) is 0. The molecule has 0 aromatic carbocycles. The molecule has 0 saturated heterocycles. The SMILES string of the molecule is SCCCN(CCCS)c1nncs1. The van der Waals surface area contributed by atoms with Crippen LogP contribution in [0.15, 0.2) is 5.51 Å². The van der Waals surface area contributed by atoms with Gasteiger partial charge in [0.05, 0.1) is 0 Å². The van der Waals surface area contributed by atoms with Crippen LogP contribution in [0.2, 0.25) is 0 Å². The van der Waals surface area contributed by atoms with Crippen LogP contribution in [0.4, 0.5) is 5.13 Å². The van der Waals surface area contributed by atoms with Crippen LogP contribution >= 0.6 is 36.6 Å². The van der Waals surface area contributed by atoms with Crippen molar-refractivity contribution in [3.05, 3.63) is 5.51 Å². The molecule has 1 aromatic heterocycles. The van der Waals surface area contributed by atoms with Crippen LogP contribution in [-0.2, 0) is 0 Å². The van der Waals surface area contributed by atoms with Gasteiger partial charge in [-0.05, 0) is 24.3 Å². The van der Waals surface area contributed by atoms with Crippen molar-refractivity contribution in [2.75, 3.05) is 29.5 Å². The maximum atomic E-state index is 4.21. The minimum absolute atomic E-state index is 0.913. The normalized spacial score (nSPS) is 10.4. The molecule has 0 aliphatic rings. The van der Waals surface area contributed by atoms with Gasteiger partial charge in [0.25, 0.3) is 0 Å². The van der Waals surface area contributed by atoms with Gasteiger partial charge in [0.2, 0.25) is 5.13 Å². The molecule has 0 fully saturated rings. The van der Waals surface area contributed by atoms with Gasteiger partial charge in [-0.2, -0.15) is 25.3 Å². The molecule has 80 valence electrons. The molecule has 0 atom stereocenters. The molecule has 0 spiro atoms. The van der Waals surface area contributed by atoms with Gasteiger partial charge < -0.3 is 4.90 Å². The Morgan fingerprint density at radius 3 is 2.29 bits per heavy atom. The number of thiol groups is 2. The molecule has 1 rings (SSSR count). The van der Waals surface area contributed by atoms with Gasteiger partial charge in [-0.15, -0.1) is 10.2 Å². The zero-order valence-electron chi connectivity index (χ0n) is 7.96. The molecule has 3 nitrogen and oxygen atoms in total. The molecule has 0 radical (unpaired) electrons. The van der Waals surface area contributed by atoms with Crippen molar-refractivity contribution >= 4 is 41.7 Å². The first-order valence-corrected chi connectivity index (χ1v) is 6.75. The first kappa shape index (κ1) is 12.1. The van der Waals surface area contributed by atoms with Crippen LogP contribution < -0.4 is 4.90 Å². The van der Waals surface area contributed by atoms with E-state index in [1.807, 2.05) is 0 Å². The van der Waals surface area contributed by atoms with Crippen molar-refractivity contribution in [1.29, 1.82) is 0 Å². The lowest BCUT2D eigenvalue weighted by Gasteiger charge is -2.20. The van der Waals surface area contributed by atoms with E-state index in [1.54, 1.807) is 16.8 Å². The number of rotatable bonds is 7. The van der Waals surface area contributed by atoms with E-state index < -0.39 is 0 Å². The molecule has 0 bridgehead atoms. The summed E-state index contributed by atoms with van der Waals surface area (Å²) >= 11 is 10.0. The molecule has 1 heterocycles. The van der Waals surface area contributed by atoms with Gasteiger partial charge in [-0.25, -0.2) is 0 Å². The Labute approximate surface area is 99.7 Å². The minimum atomic E-state index is 0.913. The fourth-order valence-corrected chi connectivity index (χ4v) is 2.03. The lowest BCUT2D eigenvalue weighted by molar-refractivity contribution is 0.744. The summed E-state index contributed by atoms with van der Waals surface area (Å²) in [5.41, 5.74) is 1.77. The Hall–Kier alpha value is 0.0600. The number of aromatic nitrogens is 2. The van der Waals surface area contributed by atoms with Crippen molar-refractivity contribution in [2.45, 2.75) is 12.8 Å². The van der Waals surface area contributed by atoms with Crippen LogP contribution in [0.25, 0.3) is 0 Å². The average molecular weight is 249 g/mol. The van der Waals surface area contributed by atoms with Crippen molar-refractivity contribution in [1.82, 2.24) is 10.2 Å². The second-order valence-electron chi connectivity index (χ2n) is 2.86. The lowest BCUT2D eigenvalue weighted by Crippen LogP contribution is -2.26. The molecule has 6 heteroatoms. The van der Waals surface area contributed by atoms with Gasteiger partial charge in [0.15, 0.2) is 0 Å². The molecular weight excluding hydrogens is 234 g/mol. The second kappa shape index (κ2) is 7.36. The van der Waals surface area contributed by atoms with Crippen LogP contribution in [0.3, 0.4) is 0 Å².